The van der Waals surface area contributed by atoms with E-state index in [0.29, 0.717) is 11.7 Å². The molecule has 2 aromatic carbocycles. The van der Waals surface area contributed by atoms with Gasteiger partial charge in [0, 0.05) is 11.6 Å². The Morgan fingerprint density at radius 1 is 0.838 bits per heavy atom. The molecule has 1 heterocycles. The van der Waals surface area contributed by atoms with Crippen LogP contribution in [0.4, 0.5) is 26.3 Å². The summed E-state index contributed by atoms with van der Waals surface area (Å²) in [4.78, 5) is 2.29. The molecule has 0 aromatic heterocycles. The molecule has 8 heteroatoms. The number of ether oxygens (including phenoxy) is 1. The fraction of sp³-hybridized carbons (Fsp3) is 0.552. The number of hydrogen-bond donors (Lipinski definition) is 0. The van der Waals surface area contributed by atoms with Gasteiger partial charge in [-0.3, -0.25) is 4.90 Å². The Hall–Kier alpha value is -2.22. The maximum absolute atomic E-state index is 13.4. The van der Waals surface area contributed by atoms with E-state index in [0.717, 1.165) is 49.5 Å². The van der Waals surface area contributed by atoms with Crippen molar-refractivity contribution in [3.05, 3.63) is 71.1 Å². The molecule has 1 unspecified atom stereocenters. The zero-order chi connectivity index (χ0) is 26.6. The van der Waals surface area contributed by atoms with Crippen molar-refractivity contribution in [2.45, 2.75) is 69.8 Å². The van der Waals surface area contributed by atoms with Crippen molar-refractivity contribution < 1.29 is 31.1 Å². The lowest BCUT2D eigenvalue weighted by molar-refractivity contribution is -0.143. The van der Waals surface area contributed by atoms with E-state index in [1.165, 1.54) is 32.1 Å². The van der Waals surface area contributed by atoms with Crippen LogP contribution in [-0.2, 0) is 18.8 Å². The minimum absolute atomic E-state index is 0.0147. The minimum atomic E-state index is -4.86. The average molecular weight is 527 g/mol. The SMILES string of the molecule is COc1ccccc1C([CH]Cc1cc(C(F)(F)F)cc(C(F)(F)F)c1)N1CCC(C2CCCCC2)CC1. The first kappa shape index (κ1) is 27.8. The summed E-state index contributed by atoms with van der Waals surface area (Å²) < 4.78 is 85.8. The van der Waals surface area contributed by atoms with Crippen molar-refractivity contribution in [3.63, 3.8) is 0 Å². The van der Waals surface area contributed by atoms with E-state index in [1.807, 2.05) is 30.7 Å². The number of alkyl halides is 6. The van der Waals surface area contributed by atoms with Gasteiger partial charge in [0.2, 0.25) is 0 Å². The molecule has 1 radical (unpaired) electrons. The molecule has 1 aliphatic carbocycles. The second-order valence-electron chi connectivity index (χ2n) is 10.3. The van der Waals surface area contributed by atoms with Gasteiger partial charge in [0.15, 0.2) is 0 Å². The molecule has 1 atom stereocenters. The molecule has 2 aliphatic rings. The summed E-state index contributed by atoms with van der Waals surface area (Å²) in [5, 5.41) is 0. The number of hydrogen-bond acceptors (Lipinski definition) is 2. The molecular weight excluding hydrogens is 492 g/mol. The highest BCUT2D eigenvalue weighted by atomic mass is 19.4. The fourth-order valence-electron chi connectivity index (χ4n) is 6.04. The lowest BCUT2D eigenvalue weighted by atomic mass is 9.75. The highest BCUT2D eigenvalue weighted by Crippen LogP contribution is 2.41. The van der Waals surface area contributed by atoms with E-state index < -0.39 is 23.5 Å². The summed E-state index contributed by atoms with van der Waals surface area (Å²) in [6, 6.07) is 9.00. The molecule has 0 N–H and O–H groups in total. The standard InChI is InChI=1S/C29H34F6NO/c1-37-27-10-6-5-9-25(27)26(36-15-13-22(14-16-36)21-7-3-2-4-8-21)12-11-20-17-23(28(30,31)32)19-24(18-20)29(33,34)35/h5-6,9-10,12,17-19,21-22,26H,2-4,7-8,11,13-16H2,1H3. The Labute approximate surface area is 215 Å². The van der Waals surface area contributed by atoms with E-state index in [1.54, 1.807) is 7.11 Å². The summed E-state index contributed by atoms with van der Waals surface area (Å²) in [6.45, 7) is 1.66. The van der Waals surface area contributed by atoms with Crippen LogP contribution in [0.3, 0.4) is 0 Å². The summed E-state index contributed by atoms with van der Waals surface area (Å²) in [7, 11) is 1.56. The molecule has 0 amide bonds. The molecule has 1 aliphatic heterocycles. The molecule has 0 spiro atoms. The van der Waals surface area contributed by atoms with Crippen molar-refractivity contribution in [1.29, 1.82) is 0 Å². The number of likely N-dealkylation sites (tertiary alicyclic amines) is 1. The van der Waals surface area contributed by atoms with Gasteiger partial charge in [-0.05, 0) is 80.4 Å². The van der Waals surface area contributed by atoms with Crippen LogP contribution in [-0.4, -0.2) is 25.1 Å². The van der Waals surface area contributed by atoms with Crippen LogP contribution in [0.25, 0.3) is 0 Å². The van der Waals surface area contributed by atoms with Gasteiger partial charge in [-0.25, -0.2) is 0 Å². The van der Waals surface area contributed by atoms with Gasteiger partial charge in [0.25, 0.3) is 0 Å². The van der Waals surface area contributed by atoms with Crippen LogP contribution in [0.15, 0.2) is 42.5 Å². The van der Waals surface area contributed by atoms with Crippen molar-refractivity contribution in [2.75, 3.05) is 20.2 Å². The highest BCUT2D eigenvalue weighted by molar-refractivity contribution is 5.39. The first-order valence-electron chi connectivity index (χ1n) is 13.0. The number of methoxy groups -OCH3 is 1. The number of benzene rings is 2. The molecule has 2 aromatic rings. The number of rotatable bonds is 7. The smallest absolute Gasteiger partial charge is 0.416 e. The molecule has 2 fully saturated rings. The summed E-state index contributed by atoms with van der Waals surface area (Å²) in [6.07, 6.45) is 0.626. The largest absolute Gasteiger partial charge is 0.496 e. The van der Waals surface area contributed by atoms with Crippen molar-refractivity contribution in [2.24, 2.45) is 11.8 Å². The average Bonchev–Trinajstić information content (AvgIpc) is 2.89. The van der Waals surface area contributed by atoms with Crippen LogP contribution in [0, 0.1) is 18.3 Å². The second-order valence-corrected chi connectivity index (χ2v) is 10.3. The van der Waals surface area contributed by atoms with Gasteiger partial charge in [-0.2, -0.15) is 26.3 Å². The van der Waals surface area contributed by atoms with Crippen LogP contribution in [0.2, 0.25) is 0 Å². The van der Waals surface area contributed by atoms with Crippen LogP contribution in [0.5, 0.6) is 5.75 Å². The zero-order valence-corrected chi connectivity index (χ0v) is 21.0. The Kier molecular flexibility index (Phi) is 8.77. The fourth-order valence-corrected chi connectivity index (χ4v) is 6.04. The Morgan fingerprint density at radius 3 is 1.97 bits per heavy atom. The maximum atomic E-state index is 13.4. The lowest BCUT2D eigenvalue weighted by Gasteiger charge is -2.41. The monoisotopic (exact) mass is 526 g/mol. The van der Waals surface area contributed by atoms with E-state index in [9.17, 15) is 26.3 Å². The number of halogens is 6. The second kappa shape index (κ2) is 11.7. The predicted molar refractivity (Wildman–Crippen MR) is 131 cm³/mol. The number of piperidine rings is 1. The number of para-hydroxylation sites is 1. The molecule has 203 valence electrons. The third-order valence-corrected chi connectivity index (χ3v) is 7.97. The quantitative estimate of drug-likeness (QED) is 0.335. The summed E-state index contributed by atoms with van der Waals surface area (Å²) in [5.41, 5.74) is -1.72. The highest BCUT2D eigenvalue weighted by Gasteiger charge is 2.37. The number of nitrogens with zero attached hydrogens (tertiary/aromatic N) is 1. The molecule has 4 rings (SSSR count). The van der Waals surface area contributed by atoms with Crippen molar-refractivity contribution in [3.8, 4) is 5.75 Å². The summed E-state index contributed by atoms with van der Waals surface area (Å²) >= 11 is 0. The van der Waals surface area contributed by atoms with Gasteiger partial charge < -0.3 is 4.74 Å². The third-order valence-electron chi connectivity index (χ3n) is 7.97. The molecule has 37 heavy (non-hydrogen) atoms. The Bertz CT molecular complexity index is 988. The Morgan fingerprint density at radius 2 is 1.41 bits per heavy atom. The Balaban J connectivity index is 1.56. The minimum Gasteiger partial charge on any atom is -0.496 e. The van der Waals surface area contributed by atoms with Crippen molar-refractivity contribution in [1.82, 2.24) is 4.90 Å². The zero-order valence-electron chi connectivity index (χ0n) is 21.0. The van der Waals surface area contributed by atoms with Gasteiger partial charge in [-0.15, -0.1) is 0 Å². The molecule has 2 nitrogen and oxygen atoms in total. The first-order valence-corrected chi connectivity index (χ1v) is 13.0. The van der Waals surface area contributed by atoms with E-state index in [4.69, 9.17) is 4.74 Å². The third kappa shape index (κ3) is 7.01. The van der Waals surface area contributed by atoms with E-state index in [2.05, 4.69) is 4.90 Å². The topological polar surface area (TPSA) is 12.5 Å². The van der Waals surface area contributed by atoms with Crippen LogP contribution in [0.1, 0.15) is 73.2 Å². The molecule has 1 saturated carbocycles. The normalized spacial score (nSPS) is 19.6. The van der Waals surface area contributed by atoms with Gasteiger partial charge in [0.05, 0.1) is 18.2 Å². The summed E-state index contributed by atoms with van der Waals surface area (Å²) in [5.74, 6) is 2.08. The van der Waals surface area contributed by atoms with Gasteiger partial charge >= 0.3 is 12.4 Å². The van der Waals surface area contributed by atoms with Crippen molar-refractivity contribution >= 4 is 0 Å². The van der Waals surface area contributed by atoms with E-state index >= 15 is 0 Å². The van der Waals surface area contributed by atoms with Gasteiger partial charge in [-0.1, -0.05) is 50.3 Å². The van der Waals surface area contributed by atoms with Crippen LogP contribution < -0.4 is 4.74 Å². The van der Waals surface area contributed by atoms with E-state index in [-0.39, 0.29) is 24.1 Å². The van der Waals surface area contributed by atoms with Crippen LogP contribution >= 0.6 is 0 Å². The lowest BCUT2D eigenvalue weighted by Crippen LogP contribution is -2.39. The molecule has 1 saturated heterocycles. The maximum Gasteiger partial charge on any atom is 0.416 e. The first-order chi connectivity index (χ1) is 17.6. The molecule has 0 bridgehead atoms. The van der Waals surface area contributed by atoms with Gasteiger partial charge in [0.1, 0.15) is 5.75 Å². The molecular formula is C29H34F6NO. The predicted octanol–water partition coefficient (Wildman–Crippen LogP) is 8.51.